The van der Waals surface area contributed by atoms with Crippen molar-refractivity contribution in [1.82, 2.24) is 19.9 Å². The summed E-state index contributed by atoms with van der Waals surface area (Å²) in [5, 5.41) is 0.0108. The van der Waals surface area contributed by atoms with Crippen molar-refractivity contribution in [2.24, 2.45) is 0 Å². The molecule has 0 spiro atoms. The van der Waals surface area contributed by atoms with E-state index in [4.69, 9.17) is 22.1 Å². The Morgan fingerprint density at radius 2 is 1.94 bits per heavy atom. The molecule has 33 heavy (non-hydrogen) atoms. The molecule has 2 aromatic heterocycles. The first-order valence-corrected chi connectivity index (χ1v) is 10.7. The number of anilines is 1. The molecule has 1 unspecified atom stereocenters. The zero-order chi connectivity index (χ0) is 24.1. The zero-order valence-corrected chi connectivity index (χ0v) is 19.0. The summed E-state index contributed by atoms with van der Waals surface area (Å²) in [4.78, 5) is 14.4. The van der Waals surface area contributed by atoms with Gasteiger partial charge < -0.3 is 15.4 Å². The molecule has 1 fully saturated rings. The summed E-state index contributed by atoms with van der Waals surface area (Å²) in [5.74, 6) is -1.23. The van der Waals surface area contributed by atoms with Crippen LogP contribution in [0.25, 0.3) is 22.2 Å². The van der Waals surface area contributed by atoms with E-state index < -0.39 is 28.8 Å². The fraction of sp³-hybridized carbons (Fsp3) is 0.409. The summed E-state index contributed by atoms with van der Waals surface area (Å²) in [7, 11) is 1.99. The highest BCUT2D eigenvalue weighted by atomic mass is 35.5. The molecule has 1 atom stereocenters. The lowest BCUT2D eigenvalue weighted by molar-refractivity contribution is -0.137. The highest BCUT2D eigenvalue weighted by Gasteiger charge is 2.38. The fourth-order valence-corrected chi connectivity index (χ4v) is 4.48. The third-order valence-corrected chi connectivity index (χ3v) is 6.18. The minimum Gasteiger partial charge on any atom is -0.462 e. The number of rotatable bonds is 4. The molecule has 0 amide bonds. The summed E-state index contributed by atoms with van der Waals surface area (Å²) in [5.41, 5.74) is 3.36. The van der Waals surface area contributed by atoms with Crippen LogP contribution in [0.1, 0.15) is 29.7 Å². The van der Waals surface area contributed by atoms with E-state index in [1.54, 1.807) is 6.92 Å². The zero-order valence-electron chi connectivity index (χ0n) is 18.2. The SMILES string of the molecule is Cc1cc(N)nc(-c2c(Cl)cc3c(C)nc(OCC4CCCN4C)nc3c2F)c1C(F)(F)F. The maximum Gasteiger partial charge on any atom is 0.418 e. The summed E-state index contributed by atoms with van der Waals surface area (Å²) in [6.45, 7) is 4.13. The minimum absolute atomic E-state index is 0.0553. The molecule has 0 saturated carbocycles. The van der Waals surface area contributed by atoms with Gasteiger partial charge in [0.05, 0.1) is 27.5 Å². The van der Waals surface area contributed by atoms with Crippen LogP contribution in [0, 0.1) is 19.7 Å². The number of likely N-dealkylation sites (N-methyl/N-ethyl adjacent to an activating group) is 1. The summed E-state index contributed by atoms with van der Waals surface area (Å²) in [6.07, 6.45) is -2.79. The first-order chi connectivity index (χ1) is 15.5. The van der Waals surface area contributed by atoms with Crippen LogP contribution in [0.2, 0.25) is 5.02 Å². The third kappa shape index (κ3) is 4.41. The first-order valence-electron chi connectivity index (χ1n) is 10.3. The van der Waals surface area contributed by atoms with Gasteiger partial charge in [-0.15, -0.1) is 0 Å². The molecule has 1 saturated heterocycles. The Balaban J connectivity index is 1.86. The highest BCUT2D eigenvalue weighted by Crippen LogP contribution is 2.43. The molecule has 6 nitrogen and oxygen atoms in total. The molecule has 0 bridgehead atoms. The predicted molar refractivity (Wildman–Crippen MR) is 118 cm³/mol. The predicted octanol–water partition coefficient (Wildman–Crippen LogP) is 5.18. The quantitative estimate of drug-likeness (QED) is 0.515. The number of hydrogen-bond acceptors (Lipinski definition) is 6. The van der Waals surface area contributed by atoms with Crippen molar-refractivity contribution in [1.29, 1.82) is 0 Å². The Morgan fingerprint density at radius 3 is 2.58 bits per heavy atom. The van der Waals surface area contributed by atoms with Crippen LogP contribution in [0.3, 0.4) is 0 Å². The monoisotopic (exact) mass is 483 g/mol. The smallest absolute Gasteiger partial charge is 0.418 e. The Kier molecular flexibility index (Phi) is 6.09. The van der Waals surface area contributed by atoms with E-state index in [0.717, 1.165) is 25.5 Å². The summed E-state index contributed by atoms with van der Waals surface area (Å²) in [6, 6.07) is 2.54. The molecule has 11 heteroatoms. The molecule has 0 radical (unpaired) electrons. The molecule has 3 aromatic rings. The Morgan fingerprint density at radius 1 is 1.21 bits per heavy atom. The molecule has 0 aliphatic carbocycles. The van der Waals surface area contributed by atoms with E-state index in [1.165, 1.54) is 13.0 Å². The Bertz CT molecular complexity index is 1230. The normalized spacial score (nSPS) is 17.2. The van der Waals surface area contributed by atoms with Gasteiger partial charge in [-0.2, -0.15) is 23.1 Å². The fourth-order valence-electron chi connectivity index (χ4n) is 4.20. The molecule has 176 valence electrons. The number of nitrogen functional groups attached to an aromatic ring is 1. The van der Waals surface area contributed by atoms with E-state index in [9.17, 15) is 13.2 Å². The lowest BCUT2D eigenvalue weighted by Gasteiger charge is -2.20. The number of nitrogens with two attached hydrogens (primary N) is 1. The Labute approximate surface area is 192 Å². The van der Waals surface area contributed by atoms with Gasteiger partial charge in [-0.1, -0.05) is 11.6 Å². The molecular weight excluding hydrogens is 462 g/mol. The second kappa shape index (κ2) is 8.57. The number of hydrogen-bond donors (Lipinski definition) is 1. The molecule has 1 aromatic carbocycles. The highest BCUT2D eigenvalue weighted by molar-refractivity contribution is 6.34. The van der Waals surface area contributed by atoms with Gasteiger partial charge in [0, 0.05) is 11.4 Å². The number of nitrogens with zero attached hydrogens (tertiary/aromatic N) is 4. The van der Waals surface area contributed by atoms with Gasteiger partial charge in [0.25, 0.3) is 0 Å². The number of likely N-dealkylation sites (tertiary alicyclic amines) is 1. The van der Waals surface area contributed by atoms with Gasteiger partial charge in [-0.05, 0) is 58.0 Å². The van der Waals surface area contributed by atoms with E-state index in [1.807, 2.05) is 7.05 Å². The first kappa shape index (κ1) is 23.4. The number of benzene rings is 1. The van der Waals surface area contributed by atoms with Crippen molar-refractivity contribution in [3.8, 4) is 17.3 Å². The van der Waals surface area contributed by atoms with Crippen LogP contribution < -0.4 is 10.5 Å². The van der Waals surface area contributed by atoms with Gasteiger partial charge in [0.15, 0.2) is 5.82 Å². The second-order valence-electron chi connectivity index (χ2n) is 8.21. The van der Waals surface area contributed by atoms with Crippen molar-refractivity contribution in [2.75, 3.05) is 25.9 Å². The standard InChI is InChI=1S/C22H22ClF4N5O/c1-10-7-15(28)30-20(17(10)22(25,26)27)16-14(23)8-13-11(2)29-21(31-19(13)18(16)24)33-9-12-5-4-6-32(12)3/h7-8,12H,4-6,9H2,1-3H3,(H2,28,30). The van der Waals surface area contributed by atoms with Crippen LogP contribution in [0.4, 0.5) is 23.4 Å². The average Bonchev–Trinajstić information content (AvgIpc) is 3.10. The van der Waals surface area contributed by atoms with Crippen LogP contribution in [-0.2, 0) is 6.18 Å². The lowest BCUT2D eigenvalue weighted by atomic mass is 9.98. The maximum atomic E-state index is 15.7. The van der Waals surface area contributed by atoms with Crippen molar-refractivity contribution in [3.05, 3.63) is 39.8 Å². The van der Waals surface area contributed by atoms with E-state index >= 15 is 4.39 Å². The third-order valence-electron chi connectivity index (χ3n) is 5.89. The van der Waals surface area contributed by atoms with Gasteiger partial charge in [-0.25, -0.2) is 9.37 Å². The lowest BCUT2D eigenvalue weighted by Crippen LogP contribution is -2.30. The molecular formula is C22H22ClF4N5O. The van der Waals surface area contributed by atoms with E-state index in [-0.39, 0.29) is 39.4 Å². The van der Waals surface area contributed by atoms with Gasteiger partial charge in [0.1, 0.15) is 17.9 Å². The number of aromatic nitrogens is 3. The van der Waals surface area contributed by atoms with E-state index in [2.05, 4.69) is 19.9 Å². The molecule has 1 aliphatic heterocycles. The number of halogens is 5. The number of alkyl halides is 3. The topological polar surface area (TPSA) is 77.2 Å². The van der Waals surface area contributed by atoms with Crippen LogP contribution in [0.15, 0.2) is 12.1 Å². The number of pyridine rings is 1. The molecule has 3 heterocycles. The van der Waals surface area contributed by atoms with Gasteiger partial charge in [0.2, 0.25) is 0 Å². The maximum absolute atomic E-state index is 15.7. The van der Waals surface area contributed by atoms with Crippen molar-refractivity contribution >= 4 is 28.3 Å². The van der Waals surface area contributed by atoms with Gasteiger partial charge >= 0.3 is 12.2 Å². The summed E-state index contributed by atoms with van der Waals surface area (Å²) < 4.78 is 62.9. The van der Waals surface area contributed by atoms with Crippen molar-refractivity contribution < 1.29 is 22.3 Å². The summed E-state index contributed by atoms with van der Waals surface area (Å²) >= 11 is 6.26. The number of aryl methyl sites for hydroxylation is 2. The van der Waals surface area contributed by atoms with Crippen LogP contribution in [0.5, 0.6) is 6.01 Å². The number of fused-ring (bicyclic) bond motifs is 1. The van der Waals surface area contributed by atoms with Gasteiger partial charge in [-0.3, -0.25) is 0 Å². The molecule has 2 N–H and O–H groups in total. The minimum atomic E-state index is -4.80. The van der Waals surface area contributed by atoms with Crippen LogP contribution in [-0.4, -0.2) is 46.1 Å². The van der Waals surface area contributed by atoms with Crippen LogP contribution >= 0.6 is 11.6 Å². The van der Waals surface area contributed by atoms with Crippen molar-refractivity contribution in [2.45, 2.75) is 38.9 Å². The Hall–Kier alpha value is -2.72. The molecule has 1 aliphatic rings. The average molecular weight is 484 g/mol. The second-order valence-corrected chi connectivity index (χ2v) is 8.62. The van der Waals surface area contributed by atoms with E-state index in [0.29, 0.717) is 12.3 Å². The molecule has 4 rings (SSSR count). The van der Waals surface area contributed by atoms with Crippen molar-refractivity contribution in [3.63, 3.8) is 0 Å². The number of ether oxygens (including phenoxy) is 1. The largest absolute Gasteiger partial charge is 0.462 e.